The number of nitrogens with two attached hydrogens (primary N) is 1. The van der Waals surface area contributed by atoms with Crippen LogP contribution in [0.1, 0.15) is 21.6 Å². The molecule has 0 saturated carbocycles. The van der Waals surface area contributed by atoms with Gasteiger partial charge in [-0.05, 0) is 17.1 Å². The van der Waals surface area contributed by atoms with Crippen molar-refractivity contribution in [2.75, 3.05) is 0 Å². The number of aromatic nitrogens is 2. The summed E-state index contributed by atoms with van der Waals surface area (Å²) < 4.78 is 3.63. The summed E-state index contributed by atoms with van der Waals surface area (Å²) in [6.45, 7) is 0.425. The molecule has 1 heterocycles. The summed E-state index contributed by atoms with van der Waals surface area (Å²) in [5, 5.41) is 8.04. The monoisotopic (exact) mass is 278 g/mol. The van der Waals surface area contributed by atoms with Crippen LogP contribution in [-0.4, -0.2) is 20.5 Å². The summed E-state index contributed by atoms with van der Waals surface area (Å²) in [4.78, 5) is 12.0. The molecule has 92 valence electrons. The van der Waals surface area contributed by atoms with Gasteiger partial charge < -0.3 is 11.1 Å². The van der Waals surface area contributed by atoms with E-state index in [0.717, 1.165) is 22.7 Å². The molecule has 0 saturated heterocycles. The van der Waals surface area contributed by atoms with E-state index in [9.17, 15) is 4.79 Å². The van der Waals surface area contributed by atoms with Gasteiger partial charge in [0.25, 0.3) is 5.91 Å². The summed E-state index contributed by atoms with van der Waals surface area (Å²) in [5.41, 5.74) is 7.60. The summed E-state index contributed by atoms with van der Waals surface area (Å²) in [7, 11) is 0. The molecular formula is C11H10N4OS2. The highest BCUT2D eigenvalue weighted by atomic mass is 32.1. The topological polar surface area (TPSA) is 80.9 Å². The smallest absolute Gasteiger partial charge is 0.273 e. The Kier molecular flexibility index (Phi) is 3.96. The Hall–Kier alpha value is -1.86. The first-order valence-corrected chi connectivity index (χ1v) is 6.35. The molecule has 18 heavy (non-hydrogen) atoms. The molecule has 5 nitrogen and oxygen atoms in total. The molecule has 0 aliphatic carbocycles. The lowest BCUT2D eigenvalue weighted by Gasteiger charge is -2.04. The zero-order valence-electron chi connectivity index (χ0n) is 9.29. The van der Waals surface area contributed by atoms with Crippen molar-refractivity contribution in [2.24, 2.45) is 5.73 Å². The van der Waals surface area contributed by atoms with E-state index in [2.05, 4.69) is 14.9 Å². The van der Waals surface area contributed by atoms with Crippen LogP contribution in [0.15, 0.2) is 29.6 Å². The average molecular weight is 278 g/mol. The fourth-order valence-corrected chi connectivity index (χ4v) is 1.90. The van der Waals surface area contributed by atoms with Crippen molar-refractivity contribution in [1.29, 1.82) is 0 Å². The minimum absolute atomic E-state index is 0.234. The third-order valence-corrected chi connectivity index (χ3v) is 3.02. The van der Waals surface area contributed by atoms with Gasteiger partial charge in [-0.2, -0.15) is 0 Å². The van der Waals surface area contributed by atoms with Crippen molar-refractivity contribution in [3.05, 3.63) is 46.5 Å². The maximum absolute atomic E-state index is 11.6. The minimum Gasteiger partial charge on any atom is -0.389 e. The maximum atomic E-state index is 11.6. The first kappa shape index (κ1) is 12.6. The predicted molar refractivity (Wildman–Crippen MR) is 73.4 cm³/mol. The van der Waals surface area contributed by atoms with Gasteiger partial charge in [0.05, 0.1) is 0 Å². The number of nitrogens with zero attached hydrogens (tertiary/aromatic N) is 2. The van der Waals surface area contributed by atoms with Gasteiger partial charge in [0.15, 0.2) is 5.69 Å². The highest BCUT2D eigenvalue weighted by Gasteiger charge is 2.07. The third-order valence-electron chi connectivity index (χ3n) is 2.28. The zero-order valence-corrected chi connectivity index (χ0v) is 10.9. The van der Waals surface area contributed by atoms with Gasteiger partial charge in [-0.25, -0.2) is 0 Å². The molecule has 2 aromatic rings. The van der Waals surface area contributed by atoms with Gasteiger partial charge in [0.1, 0.15) is 4.99 Å². The second-order valence-electron chi connectivity index (χ2n) is 3.53. The number of benzene rings is 1. The van der Waals surface area contributed by atoms with Crippen LogP contribution in [0.25, 0.3) is 0 Å². The van der Waals surface area contributed by atoms with E-state index in [1.807, 2.05) is 24.3 Å². The molecule has 0 atom stereocenters. The number of hydrogen-bond donors (Lipinski definition) is 2. The van der Waals surface area contributed by atoms with Gasteiger partial charge in [0, 0.05) is 17.5 Å². The van der Waals surface area contributed by atoms with Crippen LogP contribution in [0.5, 0.6) is 0 Å². The number of amides is 1. The third kappa shape index (κ3) is 3.08. The first-order valence-electron chi connectivity index (χ1n) is 5.11. The van der Waals surface area contributed by atoms with E-state index in [1.54, 1.807) is 5.38 Å². The molecule has 0 aliphatic rings. The lowest BCUT2D eigenvalue weighted by atomic mass is 10.1. The van der Waals surface area contributed by atoms with Crippen LogP contribution in [0.2, 0.25) is 0 Å². The minimum atomic E-state index is -0.234. The second-order valence-corrected chi connectivity index (χ2v) is 4.58. The Morgan fingerprint density at radius 1 is 1.39 bits per heavy atom. The molecule has 0 spiro atoms. The van der Waals surface area contributed by atoms with Gasteiger partial charge in [0.2, 0.25) is 0 Å². The first-order chi connectivity index (χ1) is 8.66. The normalized spacial score (nSPS) is 10.0. The van der Waals surface area contributed by atoms with Gasteiger partial charge in [-0.1, -0.05) is 41.0 Å². The lowest BCUT2D eigenvalue weighted by Crippen LogP contribution is -2.23. The van der Waals surface area contributed by atoms with Crippen LogP contribution >= 0.6 is 23.8 Å². The number of thiocarbonyl (C=S) groups is 1. The largest absolute Gasteiger partial charge is 0.389 e. The van der Waals surface area contributed by atoms with E-state index in [1.165, 1.54) is 0 Å². The summed E-state index contributed by atoms with van der Waals surface area (Å²) in [6.07, 6.45) is 0. The van der Waals surface area contributed by atoms with Crippen LogP contribution in [0.3, 0.4) is 0 Å². The molecule has 1 amide bonds. The molecule has 3 N–H and O–H groups in total. The van der Waals surface area contributed by atoms with Crippen LogP contribution in [0.4, 0.5) is 0 Å². The molecule has 0 radical (unpaired) electrons. The molecular weight excluding hydrogens is 268 g/mol. The molecule has 0 aliphatic heterocycles. The van der Waals surface area contributed by atoms with Gasteiger partial charge in [-0.3, -0.25) is 4.79 Å². The highest BCUT2D eigenvalue weighted by Crippen LogP contribution is 2.05. The van der Waals surface area contributed by atoms with E-state index in [0.29, 0.717) is 17.2 Å². The lowest BCUT2D eigenvalue weighted by molar-refractivity contribution is 0.0946. The summed E-state index contributed by atoms with van der Waals surface area (Å²) in [5.74, 6) is -0.234. The number of rotatable bonds is 4. The summed E-state index contributed by atoms with van der Waals surface area (Å²) >= 11 is 6.00. The fourth-order valence-electron chi connectivity index (χ4n) is 1.32. The number of hydrogen-bond acceptors (Lipinski definition) is 5. The summed E-state index contributed by atoms with van der Waals surface area (Å²) in [6, 6.07) is 7.39. The molecule has 0 bridgehead atoms. The number of nitrogens with one attached hydrogen (secondary N) is 1. The SMILES string of the molecule is NC(=S)c1ccc(CNC(=O)c2csnn2)cc1. The maximum Gasteiger partial charge on any atom is 0.273 e. The predicted octanol–water partition coefficient (Wildman–Crippen LogP) is 1.10. The van der Waals surface area contributed by atoms with Crippen LogP contribution in [0, 0.1) is 0 Å². The van der Waals surface area contributed by atoms with E-state index in [-0.39, 0.29) is 5.91 Å². The van der Waals surface area contributed by atoms with Crippen molar-refractivity contribution < 1.29 is 4.79 Å². The highest BCUT2D eigenvalue weighted by molar-refractivity contribution is 7.80. The van der Waals surface area contributed by atoms with Crippen molar-refractivity contribution in [2.45, 2.75) is 6.54 Å². The van der Waals surface area contributed by atoms with Gasteiger partial charge >= 0.3 is 0 Å². The Balaban J connectivity index is 1.94. The van der Waals surface area contributed by atoms with E-state index >= 15 is 0 Å². The van der Waals surface area contributed by atoms with E-state index in [4.69, 9.17) is 18.0 Å². The second kappa shape index (κ2) is 5.65. The van der Waals surface area contributed by atoms with Gasteiger partial charge in [-0.15, -0.1) is 5.10 Å². The molecule has 7 heteroatoms. The Labute approximate surface area is 113 Å². The van der Waals surface area contributed by atoms with Crippen LogP contribution in [-0.2, 0) is 6.54 Å². The Morgan fingerprint density at radius 3 is 2.67 bits per heavy atom. The number of carbonyl (C=O) groups is 1. The Bertz CT molecular complexity index is 551. The fraction of sp³-hybridized carbons (Fsp3) is 0.0909. The molecule has 1 aromatic heterocycles. The van der Waals surface area contributed by atoms with Crippen molar-refractivity contribution >= 4 is 34.6 Å². The Morgan fingerprint density at radius 2 is 2.11 bits per heavy atom. The van der Waals surface area contributed by atoms with Crippen molar-refractivity contribution in [1.82, 2.24) is 14.9 Å². The quantitative estimate of drug-likeness (QED) is 0.819. The van der Waals surface area contributed by atoms with Crippen molar-refractivity contribution in [3.63, 3.8) is 0 Å². The molecule has 1 aromatic carbocycles. The molecule has 0 unspecified atom stereocenters. The van der Waals surface area contributed by atoms with Crippen molar-refractivity contribution in [3.8, 4) is 0 Å². The van der Waals surface area contributed by atoms with Crippen LogP contribution < -0.4 is 11.1 Å². The molecule has 0 fully saturated rings. The molecule has 2 rings (SSSR count). The standard InChI is InChI=1S/C11H10N4OS2/c12-10(17)8-3-1-7(2-4-8)5-13-11(16)9-6-18-15-14-9/h1-4,6H,5H2,(H2,12,17)(H,13,16). The average Bonchev–Trinajstić information content (AvgIpc) is 2.90. The van der Waals surface area contributed by atoms with E-state index < -0.39 is 0 Å². The zero-order chi connectivity index (χ0) is 13.0. The number of carbonyl (C=O) groups excluding carboxylic acids is 1.